The lowest BCUT2D eigenvalue weighted by atomic mass is 9.87. The molecule has 1 aliphatic heterocycles. The molecule has 8 nitrogen and oxygen atoms in total. The van der Waals surface area contributed by atoms with Crippen LogP contribution in [0.2, 0.25) is 0 Å². The van der Waals surface area contributed by atoms with Gasteiger partial charge in [-0.3, -0.25) is 0 Å². The zero-order valence-corrected chi connectivity index (χ0v) is 11.4. The monoisotopic (exact) mass is 301 g/mol. The Morgan fingerprint density at radius 3 is 2.59 bits per heavy atom. The van der Waals surface area contributed by atoms with Crippen molar-refractivity contribution in [3.8, 4) is 6.07 Å². The molecule has 0 spiro atoms. The van der Waals surface area contributed by atoms with Crippen molar-refractivity contribution in [3.05, 3.63) is 35.4 Å². The van der Waals surface area contributed by atoms with Gasteiger partial charge in [0.05, 0.1) is 17.7 Å². The average molecular weight is 301 g/mol. The lowest BCUT2D eigenvalue weighted by Crippen LogP contribution is -2.46. The Labute approximate surface area is 124 Å². The maximum Gasteiger partial charge on any atom is 0.416 e. The van der Waals surface area contributed by atoms with Gasteiger partial charge >= 0.3 is 18.1 Å². The number of amides is 3. The molecule has 1 aromatic rings. The van der Waals surface area contributed by atoms with E-state index in [9.17, 15) is 24.8 Å². The third-order valence-corrected chi connectivity index (χ3v) is 3.34. The number of nitriles is 1. The number of benzene rings is 1. The van der Waals surface area contributed by atoms with Gasteiger partial charge in [0.2, 0.25) is 0 Å². The van der Waals surface area contributed by atoms with E-state index in [0.29, 0.717) is 4.90 Å². The molecule has 1 aliphatic rings. The number of aliphatic imine (C=N–C) groups is 1. The van der Waals surface area contributed by atoms with Crippen molar-refractivity contribution in [1.29, 1.82) is 5.26 Å². The SMILES string of the molecule is CC1=NC(=O)N(C(=O)O)C(c2cccc(C(=O)O)c2)C1C#N. The summed E-state index contributed by atoms with van der Waals surface area (Å²) in [5.74, 6) is -2.16. The molecule has 3 amide bonds. The average Bonchev–Trinajstić information content (AvgIpc) is 2.46. The molecular formula is C14H11N3O5. The fraction of sp³-hybridized carbons (Fsp3) is 0.214. The van der Waals surface area contributed by atoms with Crippen molar-refractivity contribution in [2.45, 2.75) is 13.0 Å². The molecule has 0 fully saturated rings. The number of hydrogen-bond acceptors (Lipinski definition) is 4. The quantitative estimate of drug-likeness (QED) is 0.860. The van der Waals surface area contributed by atoms with Crippen LogP contribution >= 0.6 is 0 Å². The van der Waals surface area contributed by atoms with Gasteiger partial charge in [-0.25, -0.2) is 24.3 Å². The van der Waals surface area contributed by atoms with Crippen molar-refractivity contribution in [1.82, 2.24) is 4.90 Å². The summed E-state index contributed by atoms with van der Waals surface area (Å²) in [7, 11) is 0. The van der Waals surface area contributed by atoms with Crippen molar-refractivity contribution in [2.75, 3.05) is 0 Å². The molecule has 2 unspecified atom stereocenters. The number of carboxylic acids is 1. The third-order valence-electron chi connectivity index (χ3n) is 3.34. The Hall–Kier alpha value is -3.21. The minimum atomic E-state index is -1.55. The molecule has 1 aromatic carbocycles. The van der Waals surface area contributed by atoms with Crippen LogP contribution in [0.4, 0.5) is 9.59 Å². The number of rotatable bonds is 2. The number of carbonyl (C=O) groups excluding carboxylic acids is 1. The molecule has 2 atom stereocenters. The molecule has 2 rings (SSSR count). The van der Waals surface area contributed by atoms with Gasteiger partial charge < -0.3 is 10.2 Å². The summed E-state index contributed by atoms with van der Waals surface area (Å²) in [6.07, 6.45) is -1.55. The number of carbonyl (C=O) groups is 3. The molecule has 22 heavy (non-hydrogen) atoms. The van der Waals surface area contributed by atoms with E-state index in [1.165, 1.54) is 31.2 Å². The first-order chi connectivity index (χ1) is 10.4. The first kappa shape index (κ1) is 15.2. The lowest BCUT2D eigenvalue weighted by molar-refractivity contribution is 0.0696. The van der Waals surface area contributed by atoms with Crippen LogP contribution < -0.4 is 0 Å². The second kappa shape index (κ2) is 5.65. The lowest BCUT2D eigenvalue weighted by Gasteiger charge is -2.33. The normalized spacial score (nSPS) is 21.0. The minimum absolute atomic E-state index is 0.0628. The van der Waals surface area contributed by atoms with Gasteiger partial charge in [-0.2, -0.15) is 5.26 Å². The fourth-order valence-corrected chi connectivity index (χ4v) is 2.33. The fourth-order valence-electron chi connectivity index (χ4n) is 2.33. The summed E-state index contributed by atoms with van der Waals surface area (Å²) in [4.78, 5) is 38.2. The van der Waals surface area contributed by atoms with Crippen molar-refractivity contribution >= 4 is 23.8 Å². The summed E-state index contributed by atoms with van der Waals surface area (Å²) >= 11 is 0. The summed E-state index contributed by atoms with van der Waals surface area (Å²) in [5.41, 5.74) is 0.374. The van der Waals surface area contributed by atoms with Gasteiger partial charge in [-0.1, -0.05) is 12.1 Å². The highest BCUT2D eigenvalue weighted by molar-refractivity contribution is 6.04. The molecule has 0 aliphatic carbocycles. The molecule has 8 heteroatoms. The highest BCUT2D eigenvalue weighted by Gasteiger charge is 2.42. The van der Waals surface area contributed by atoms with Crippen LogP contribution in [-0.4, -0.2) is 38.9 Å². The van der Waals surface area contributed by atoms with Crippen molar-refractivity contribution in [3.63, 3.8) is 0 Å². The number of hydrogen-bond donors (Lipinski definition) is 2. The topological polar surface area (TPSA) is 131 Å². The Kier molecular flexibility index (Phi) is 3.90. The maximum atomic E-state index is 11.8. The molecule has 0 saturated heterocycles. The van der Waals surface area contributed by atoms with Crippen LogP contribution in [0.3, 0.4) is 0 Å². The van der Waals surface area contributed by atoms with Gasteiger partial charge in [0, 0.05) is 5.71 Å². The first-order valence-electron chi connectivity index (χ1n) is 6.21. The first-order valence-corrected chi connectivity index (χ1v) is 6.21. The highest BCUT2D eigenvalue weighted by atomic mass is 16.4. The largest absolute Gasteiger partial charge is 0.478 e. The van der Waals surface area contributed by atoms with E-state index in [1.54, 1.807) is 0 Å². The smallest absolute Gasteiger partial charge is 0.416 e. The zero-order valence-electron chi connectivity index (χ0n) is 11.4. The Morgan fingerprint density at radius 2 is 2.05 bits per heavy atom. The zero-order chi connectivity index (χ0) is 16.4. The molecule has 0 bridgehead atoms. The van der Waals surface area contributed by atoms with Gasteiger partial charge in [0.15, 0.2) is 0 Å². The molecule has 0 saturated carbocycles. The molecule has 2 N–H and O–H groups in total. The van der Waals surface area contributed by atoms with E-state index in [0.717, 1.165) is 0 Å². The van der Waals surface area contributed by atoms with E-state index in [1.807, 2.05) is 6.07 Å². The maximum absolute atomic E-state index is 11.8. The molecule has 112 valence electrons. The van der Waals surface area contributed by atoms with Crippen LogP contribution in [0, 0.1) is 17.2 Å². The summed E-state index contributed by atoms with van der Waals surface area (Å²) in [6.45, 7) is 1.46. The summed E-state index contributed by atoms with van der Waals surface area (Å²) in [5, 5.41) is 27.5. The predicted molar refractivity (Wildman–Crippen MR) is 73.6 cm³/mol. The van der Waals surface area contributed by atoms with Crippen molar-refractivity contribution < 1.29 is 24.6 Å². The number of nitrogens with zero attached hydrogens (tertiary/aromatic N) is 3. The van der Waals surface area contributed by atoms with Crippen LogP contribution in [0.15, 0.2) is 29.3 Å². The third kappa shape index (κ3) is 2.52. The van der Waals surface area contributed by atoms with Crippen LogP contribution in [0.5, 0.6) is 0 Å². The van der Waals surface area contributed by atoms with Crippen molar-refractivity contribution in [2.24, 2.45) is 10.9 Å². The van der Waals surface area contributed by atoms with Crippen LogP contribution in [0.1, 0.15) is 28.9 Å². The van der Waals surface area contributed by atoms with E-state index in [-0.39, 0.29) is 16.8 Å². The number of urea groups is 1. The Bertz CT molecular complexity index is 734. The molecule has 0 radical (unpaired) electrons. The number of carboxylic acid groups (broad SMARTS) is 2. The van der Waals surface area contributed by atoms with Gasteiger partial charge in [0.25, 0.3) is 0 Å². The molecule has 0 aromatic heterocycles. The standard InChI is InChI=1S/C14H11N3O5/c1-7-10(6-15)11(17(14(21)22)13(20)16-7)8-3-2-4-9(5-8)12(18)19/h2-5,10-11H,1H3,(H,18,19)(H,21,22). The number of imide groups is 1. The Morgan fingerprint density at radius 1 is 1.36 bits per heavy atom. The second-order valence-corrected chi connectivity index (χ2v) is 4.67. The van der Waals surface area contributed by atoms with E-state index >= 15 is 0 Å². The molecular weight excluding hydrogens is 290 g/mol. The summed E-state index contributed by atoms with van der Waals surface area (Å²) < 4.78 is 0. The minimum Gasteiger partial charge on any atom is -0.478 e. The predicted octanol–water partition coefficient (Wildman–Crippen LogP) is 2.14. The van der Waals surface area contributed by atoms with E-state index in [4.69, 9.17) is 5.11 Å². The number of aromatic carboxylic acids is 1. The van der Waals surface area contributed by atoms with Crippen LogP contribution in [-0.2, 0) is 0 Å². The summed E-state index contributed by atoms with van der Waals surface area (Å²) in [6, 6.07) is 5.28. The second-order valence-electron chi connectivity index (χ2n) is 4.67. The van der Waals surface area contributed by atoms with Gasteiger partial charge in [0.1, 0.15) is 5.92 Å². The highest BCUT2D eigenvalue weighted by Crippen LogP contribution is 2.34. The van der Waals surface area contributed by atoms with Crippen LogP contribution in [0.25, 0.3) is 0 Å². The van der Waals surface area contributed by atoms with Gasteiger partial charge in [-0.15, -0.1) is 0 Å². The molecule has 1 heterocycles. The van der Waals surface area contributed by atoms with E-state index < -0.39 is 30.1 Å². The Balaban J connectivity index is 2.62. The van der Waals surface area contributed by atoms with E-state index in [2.05, 4.69) is 4.99 Å². The van der Waals surface area contributed by atoms with Gasteiger partial charge in [-0.05, 0) is 24.6 Å².